The monoisotopic (exact) mass is 405 g/mol. The number of anilines is 1. The third-order valence-electron chi connectivity index (χ3n) is 5.31. The molecular formula is C21H23N7O2. The normalized spacial score (nSPS) is 16.1. The molecule has 154 valence electrons. The van der Waals surface area contributed by atoms with Crippen LogP contribution in [0.2, 0.25) is 0 Å². The minimum absolute atomic E-state index is 0.0263. The Morgan fingerprint density at radius 3 is 2.93 bits per heavy atom. The van der Waals surface area contributed by atoms with E-state index < -0.39 is 0 Å². The van der Waals surface area contributed by atoms with Gasteiger partial charge in [0.25, 0.3) is 0 Å². The molecule has 4 heterocycles. The van der Waals surface area contributed by atoms with Crippen LogP contribution in [0.5, 0.6) is 5.75 Å². The van der Waals surface area contributed by atoms with Crippen LogP contribution in [0.1, 0.15) is 29.6 Å². The smallest absolute Gasteiger partial charge is 0.146 e. The van der Waals surface area contributed by atoms with E-state index in [1.165, 1.54) is 5.56 Å². The van der Waals surface area contributed by atoms with Gasteiger partial charge in [0.05, 0.1) is 37.6 Å². The topological polar surface area (TPSA) is 90.6 Å². The summed E-state index contributed by atoms with van der Waals surface area (Å²) in [7, 11) is 1.67. The fourth-order valence-electron chi connectivity index (χ4n) is 3.86. The SMILES string of the molecule is COC[C@H](C)Oc1ccc2c(c1)C(c1cc(N3CCn4ncnc4C3)ncn1)=NC2. The van der Waals surface area contributed by atoms with E-state index in [0.29, 0.717) is 19.7 Å². The van der Waals surface area contributed by atoms with Crippen LogP contribution in [-0.2, 0) is 24.4 Å². The van der Waals surface area contributed by atoms with E-state index >= 15 is 0 Å². The highest BCUT2D eigenvalue weighted by molar-refractivity contribution is 6.14. The number of methoxy groups -OCH3 is 1. The zero-order valence-corrected chi connectivity index (χ0v) is 17.0. The first-order chi connectivity index (χ1) is 14.7. The van der Waals surface area contributed by atoms with Crippen LogP contribution in [0.15, 0.2) is 41.9 Å². The lowest BCUT2D eigenvalue weighted by Gasteiger charge is -2.27. The van der Waals surface area contributed by atoms with Crippen LogP contribution in [0.25, 0.3) is 0 Å². The highest BCUT2D eigenvalue weighted by Gasteiger charge is 2.23. The molecule has 2 aliphatic rings. The van der Waals surface area contributed by atoms with Crippen molar-refractivity contribution in [3.63, 3.8) is 0 Å². The Morgan fingerprint density at radius 2 is 2.03 bits per heavy atom. The third kappa shape index (κ3) is 3.52. The largest absolute Gasteiger partial charge is 0.488 e. The van der Waals surface area contributed by atoms with Crippen LogP contribution in [0.4, 0.5) is 5.82 Å². The summed E-state index contributed by atoms with van der Waals surface area (Å²) < 4.78 is 13.1. The highest BCUT2D eigenvalue weighted by Crippen LogP contribution is 2.28. The predicted molar refractivity (Wildman–Crippen MR) is 111 cm³/mol. The summed E-state index contributed by atoms with van der Waals surface area (Å²) in [5, 5.41) is 4.24. The van der Waals surface area contributed by atoms with Crippen molar-refractivity contribution in [1.82, 2.24) is 24.7 Å². The summed E-state index contributed by atoms with van der Waals surface area (Å²) in [6.45, 7) is 5.46. The zero-order valence-electron chi connectivity index (χ0n) is 17.0. The minimum Gasteiger partial charge on any atom is -0.488 e. The van der Waals surface area contributed by atoms with Crippen molar-refractivity contribution < 1.29 is 9.47 Å². The molecule has 0 saturated carbocycles. The average Bonchev–Trinajstić information content (AvgIpc) is 3.40. The van der Waals surface area contributed by atoms with E-state index in [4.69, 9.17) is 14.5 Å². The van der Waals surface area contributed by atoms with Gasteiger partial charge in [0.15, 0.2) is 0 Å². The van der Waals surface area contributed by atoms with Crippen LogP contribution < -0.4 is 9.64 Å². The van der Waals surface area contributed by atoms with Crippen LogP contribution in [0, 0.1) is 0 Å². The molecule has 0 saturated heterocycles. The summed E-state index contributed by atoms with van der Waals surface area (Å²) >= 11 is 0. The summed E-state index contributed by atoms with van der Waals surface area (Å²) in [6.07, 6.45) is 3.18. The molecule has 0 aliphatic carbocycles. The number of hydrogen-bond acceptors (Lipinski definition) is 8. The molecule has 0 unspecified atom stereocenters. The molecule has 0 spiro atoms. The fraction of sp³-hybridized carbons (Fsp3) is 0.381. The minimum atomic E-state index is -0.0263. The lowest BCUT2D eigenvalue weighted by atomic mass is 10.0. The Kier molecular flexibility index (Phi) is 4.88. The molecule has 9 heteroatoms. The summed E-state index contributed by atoms with van der Waals surface area (Å²) in [5.74, 6) is 2.61. The van der Waals surface area contributed by atoms with Gasteiger partial charge < -0.3 is 14.4 Å². The third-order valence-corrected chi connectivity index (χ3v) is 5.31. The molecule has 30 heavy (non-hydrogen) atoms. The second-order valence-corrected chi connectivity index (χ2v) is 7.45. The number of hydrogen-bond donors (Lipinski definition) is 0. The maximum Gasteiger partial charge on any atom is 0.146 e. The van der Waals surface area contributed by atoms with Crippen molar-refractivity contribution >= 4 is 11.5 Å². The first kappa shape index (κ1) is 18.7. The number of aliphatic imine (C=N–C) groups is 1. The molecule has 2 aromatic heterocycles. The van der Waals surface area contributed by atoms with Crippen molar-refractivity contribution in [2.75, 3.05) is 25.2 Å². The van der Waals surface area contributed by atoms with Crippen LogP contribution >= 0.6 is 0 Å². The molecule has 0 bridgehead atoms. The van der Waals surface area contributed by atoms with Crippen molar-refractivity contribution in [3.05, 3.63) is 59.6 Å². The first-order valence-electron chi connectivity index (χ1n) is 9.98. The maximum absolute atomic E-state index is 5.97. The Labute approximate surface area is 174 Å². The molecule has 0 N–H and O–H groups in total. The average molecular weight is 405 g/mol. The Hall–Kier alpha value is -3.33. The number of fused-ring (bicyclic) bond motifs is 2. The fourth-order valence-corrected chi connectivity index (χ4v) is 3.86. The number of nitrogens with zero attached hydrogens (tertiary/aromatic N) is 7. The Morgan fingerprint density at radius 1 is 1.10 bits per heavy atom. The van der Waals surface area contributed by atoms with Crippen molar-refractivity contribution in [2.24, 2.45) is 4.99 Å². The molecule has 9 nitrogen and oxygen atoms in total. The standard InChI is InChI=1S/C21H23N7O2/c1-14(11-29-2)30-16-4-3-15-9-22-21(17(15)7-16)18-8-19(24-12-23-18)27-5-6-28-20(10-27)25-13-26-28/h3-4,7-8,12-14H,5-6,9-11H2,1-2H3/t14-/m0/s1. The molecule has 0 amide bonds. The molecule has 5 rings (SSSR count). The van der Waals surface area contributed by atoms with E-state index in [9.17, 15) is 0 Å². The van der Waals surface area contributed by atoms with Gasteiger partial charge in [0.1, 0.15) is 36.2 Å². The molecule has 3 aromatic rings. The lowest BCUT2D eigenvalue weighted by molar-refractivity contribution is 0.0921. The predicted octanol–water partition coefficient (Wildman–Crippen LogP) is 1.85. The molecule has 2 aliphatic heterocycles. The maximum atomic E-state index is 5.97. The van der Waals surface area contributed by atoms with E-state index in [-0.39, 0.29) is 6.10 Å². The Balaban J connectivity index is 1.40. The van der Waals surface area contributed by atoms with E-state index in [1.54, 1.807) is 19.8 Å². The zero-order chi connectivity index (χ0) is 20.5. The molecular weight excluding hydrogens is 382 g/mol. The highest BCUT2D eigenvalue weighted by atomic mass is 16.5. The molecule has 1 atom stereocenters. The van der Waals surface area contributed by atoms with Crippen molar-refractivity contribution in [2.45, 2.75) is 32.7 Å². The second-order valence-electron chi connectivity index (χ2n) is 7.45. The number of ether oxygens (including phenoxy) is 2. The van der Waals surface area contributed by atoms with Gasteiger partial charge in [-0.3, -0.25) is 4.99 Å². The molecule has 0 fully saturated rings. The van der Waals surface area contributed by atoms with Gasteiger partial charge in [0.2, 0.25) is 0 Å². The molecule has 1 aromatic carbocycles. The first-order valence-corrected chi connectivity index (χ1v) is 9.98. The van der Waals surface area contributed by atoms with E-state index in [0.717, 1.165) is 47.5 Å². The van der Waals surface area contributed by atoms with Crippen LogP contribution in [-0.4, -0.2) is 56.8 Å². The van der Waals surface area contributed by atoms with Crippen molar-refractivity contribution in [1.29, 1.82) is 0 Å². The van der Waals surface area contributed by atoms with Crippen molar-refractivity contribution in [3.8, 4) is 5.75 Å². The number of benzene rings is 1. The van der Waals surface area contributed by atoms with Gasteiger partial charge in [-0.25, -0.2) is 19.6 Å². The molecule has 0 radical (unpaired) electrons. The van der Waals surface area contributed by atoms with Gasteiger partial charge in [-0.1, -0.05) is 6.07 Å². The Bertz CT molecular complexity index is 1090. The van der Waals surface area contributed by atoms with Gasteiger partial charge in [-0.2, -0.15) is 5.10 Å². The number of aromatic nitrogens is 5. The van der Waals surface area contributed by atoms with E-state index in [2.05, 4.69) is 31.0 Å². The van der Waals surface area contributed by atoms with Gasteiger partial charge >= 0.3 is 0 Å². The summed E-state index contributed by atoms with van der Waals surface area (Å²) in [4.78, 5) is 20.3. The van der Waals surface area contributed by atoms with Gasteiger partial charge in [-0.15, -0.1) is 0 Å². The number of rotatable bonds is 6. The summed E-state index contributed by atoms with van der Waals surface area (Å²) in [6, 6.07) is 8.10. The summed E-state index contributed by atoms with van der Waals surface area (Å²) in [5.41, 5.74) is 3.91. The van der Waals surface area contributed by atoms with Gasteiger partial charge in [0, 0.05) is 25.3 Å². The quantitative estimate of drug-likeness (QED) is 0.618. The van der Waals surface area contributed by atoms with Gasteiger partial charge in [-0.05, 0) is 24.6 Å². The van der Waals surface area contributed by atoms with Crippen LogP contribution in [0.3, 0.4) is 0 Å². The van der Waals surface area contributed by atoms with E-state index in [1.807, 2.05) is 29.8 Å². The lowest BCUT2D eigenvalue weighted by Crippen LogP contribution is -2.35. The second kappa shape index (κ2) is 7.83.